The van der Waals surface area contributed by atoms with Gasteiger partial charge in [-0.25, -0.2) is 0 Å². The van der Waals surface area contributed by atoms with Crippen molar-refractivity contribution in [1.82, 2.24) is 9.78 Å². The van der Waals surface area contributed by atoms with Gasteiger partial charge in [0.2, 0.25) is 0 Å². The first-order valence-corrected chi connectivity index (χ1v) is 5.02. The van der Waals surface area contributed by atoms with Crippen molar-refractivity contribution in [3.63, 3.8) is 0 Å². The molecule has 0 bridgehead atoms. The second-order valence-corrected chi connectivity index (χ2v) is 3.68. The second-order valence-electron chi connectivity index (χ2n) is 3.25. The first-order valence-electron chi connectivity index (χ1n) is 4.64. The molecule has 4 heteroatoms. The SMILES string of the molecule is C[N-]c1cnn(Cc2ccc(Cl)cc2)c1. The summed E-state index contributed by atoms with van der Waals surface area (Å²) in [5.74, 6) is 0. The third-order valence-electron chi connectivity index (χ3n) is 2.14. The number of hydrogen-bond donors (Lipinski definition) is 0. The maximum Gasteiger partial charge on any atom is 0.0658 e. The number of benzene rings is 1. The Hall–Kier alpha value is -1.48. The number of aromatic nitrogens is 2. The zero-order valence-corrected chi connectivity index (χ0v) is 9.15. The highest BCUT2D eigenvalue weighted by molar-refractivity contribution is 6.30. The van der Waals surface area contributed by atoms with E-state index in [0.29, 0.717) is 0 Å². The molecule has 15 heavy (non-hydrogen) atoms. The van der Waals surface area contributed by atoms with Crippen LogP contribution in [0, 0.1) is 0 Å². The van der Waals surface area contributed by atoms with Crippen LogP contribution in [0.3, 0.4) is 0 Å². The second kappa shape index (κ2) is 4.36. The van der Waals surface area contributed by atoms with E-state index in [1.807, 2.05) is 35.1 Å². The molecule has 0 aliphatic carbocycles. The van der Waals surface area contributed by atoms with Crippen molar-refractivity contribution in [2.45, 2.75) is 6.54 Å². The van der Waals surface area contributed by atoms with E-state index >= 15 is 0 Å². The molecule has 78 valence electrons. The number of nitrogens with zero attached hydrogens (tertiary/aromatic N) is 3. The molecule has 1 heterocycles. The zero-order chi connectivity index (χ0) is 10.7. The minimum atomic E-state index is 0.743. The van der Waals surface area contributed by atoms with Gasteiger partial charge in [-0.05, 0) is 17.7 Å². The minimum absolute atomic E-state index is 0.743. The number of hydrogen-bond acceptors (Lipinski definition) is 1. The van der Waals surface area contributed by atoms with Crippen LogP contribution in [-0.4, -0.2) is 16.8 Å². The summed E-state index contributed by atoms with van der Waals surface area (Å²) < 4.78 is 1.85. The summed E-state index contributed by atoms with van der Waals surface area (Å²) in [6, 6.07) is 7.75. The Morgan fingerprint density at radius 2 is 2.07 bits per heavy atom. The Kier molecular flexibility index (Phi) is 2.92. The molecule has 0 saturated heterocycles. The van der Waals surface area contributed by atoms with Crippen molar-refractivity contribution in [2.24, 2.45) is 0 Å². The lowest BCUT2D eigenvalue weighted by Crippen LogP contribution is -1.99. The Balaban J connectivity index is 2.11. The number of rotatable bonds is 3. The normalized spacial score (nSPS) is 10.3. The van der Waals surface area contributed by atoms with Gasteiger partial charge in [-0.15, -0.1) is 12.7 Å². The summed E-state index contributed by atoms with van der Waals surface area (Å²) in [6.45, 7) is 0.743. The minimum Gasteiger partial charge on any atom is -0.684 e. The quantitative estimate of drug-likeness (QED) is 0.782. The highest BCUT2D eigenvalue weighted by Gasteiger charge is 1.95. The van der Waals surface area contributed by atoms with Crippen LogP contribution in [0.1, 0.15) is 5.56 Å². The predicted molar refractivity (Wildman–Crippen MR) is 61.7 cm³/mol. The molecule has 3 nitrogen and oxygen atoms in total. The van der Waals surface area contributed by atoms with Crippen LogP contribution >= 0.6 is 11.6 Å². The summed E-state index contributed by atoms with van der Waals surface area (Å²) in [6.07, 6.45) is 3.66. The van der Waals surface area contributed by atoms with Crippen molar-refractivity contribution in [3.8, 4) is 0 Å². The molecule has 0 unspecified atom stereocenters. The van der Waals surface area contributed by atoms with Crippen LogP contribution < -0.4 is 0 Å². The van der Waals surface area contributed by atoms with Crippen molar-refractivity contribution < 1.29 is 0 Å². The van der Waals surface area contributed by atoms with Crippen LogP contribution in [0.25, 0.3) is 5.32 Å². The summed E-state index contributed by atoms with van der Waals surface area (Å²) in [4.78, 5) is 0. The molecular weight excluding hydrogens is 210 g/mol. The van der Waals surface area contributed by atoms with Crippen molar-refractivity contribution >= 4 is 17.3 Å². The topological polar surface area (TPSA) is 31.9 Å². The third kappa shape index (κ3) is 2.50. The van der Waals surface area contributed by atoms with Crippen LogP contribution in [0.15, 0.2) is 36.7 Å². The molecule has 0 aliphatic rings. The molecule has 0 N–H and O–H groups in total. The van der Waals surface area contributed by atoms with Crippen molar-refractivity contribution in [2.75, 3.05) is 7.05 Å². The van der Waals surface area contributed by atoms with E-state index in [1.165, 1.54) is 5.56 Å². The van der Waals surface area contributed by atoms with Gasteiger partial charge in [0.05, 0.1) is 6.54 Å². The maximum absolute atomic E-state index is 5.80. The van der Waals surface area contributed by atoms with Gasteiger partial charge >= 0.3 is 0 Å². The standard InChI is InChI=1S/C11H11ClN3/c1-13-11-6-14-15(8-11)7-9-2-4-10(12)5-3-9/h2-6,8H,7H2,1H3/q-1. The van der Waals surface area contributed by atoms with Crippen molar-refractivity contribution in [1.29, 1.82) is 0 Å². The average Bonchev–Trinajstić information content (AvgIpc) is 2.69. The lowest BCUT2D eigenvalue weighted by molar-refractivity contribution is 0.687. The van der Waals surface area contributed by atoms with Crippen LogP contribution in [0.5, 0.6) is 0 Å². The van der Waals surface area contributed by atoms with E-state index in [1.54, 1.807) is 13.2 Å². The third-order valence-corrected chi connectivity index (χ3v) is 2.39. The van der Waals surface area contributed by atoms with Gasteiger partial charge in [0.25, 0.3) is 0 Å². The summed E-state index contributed by atoms with van der Waals surface area (Å²) in [7, 11) is 1.75. The van der Waals surface area contributed by atoms with Crippen LogP contribution in [0.2, 0.25) is 5.02 Å². The fourth-order valence-corrected chi connectivity index (χ4v) is 1.46. The molecule has 0 saturated carbocycles. The highest BCUT2D eigenvalue weighted by atomic mass is 35.5. The van der Waals surface area contributed by atoms with Crippen molar-refractivity contribution in [3.05, 3.63) is 52.6 Å². The maximum atomic E-state index is 5.80. The van der Waals surface area contributed by atoms with E-state index in [4.69, 9.17) is 11.6 Å². The molecule has 1 aromatic carbocycles. The van der Waals surface area contributed by atoms with Gasteiger partial charge in [-0.1, -0.05) is 23.7 Å². The van der Waals surface area contributed by atoms with Gasteiger partial charge in [0, 0.05) is 17.4 Å². The molecule has 0 amide bonds. The Morgan fingerprint density at radius 1 is 1.33 bits per heavy atom. The monoisotopic (exact) mass is 220 g/mol. The molecule has 1 aromatic heterocycles. The van der Waals surface area contributed by atoms with E-state index in [0.717, 1.165) is 17.3 Å². The predicted octanol–water partition coefficient (Wildman–Crippen LogP) is 3.22. The lowest BCUT2D eigenvalue weighted by Gasteiger charge is -2.06. The fraction of sp³-hybridized carbons (Fsp3) is 0.182. The largest absolute Gasteiger partial charge is 0.684 e. The van der Waals surface area contributed by atoms with Gasteiger partial charge in [0.15, 0.2) is 0 Å². The van der Waals surface area contributed by atoms with E-state index in [-0.39, 0.29) is 0 Å². The van der Waals surface area contributed by atoms with Gasteiger partial charge < -0.3 is 5.32 Å². The summed E-state index contributed by atoms with van der Waals surface area (Å²) >= 11 is 5.80. The molecule has 2 rings (SSSR count). The Labute approximate surface area is 93.7 Å². The van der Waals surface area contributed by atoms with Gasteiger partial charge in [0.1, 0.15) is 0 Å². The first kappa shape index (κ1) is 10.1. The van der Waals surface area contributed by atoms with E-state index in [9.17, 15) is 0 Å². The van der Waals surface area contributed by atoms with Crippen LogP contribution in [-0.2, 0) is 6.54 Å². The summed E-state index contributed by atoms with van der Waals surface area (Å²) in [5, 5.41) is 8.99. The Bertz CT molecular complexity index is 433. The average molecular weight is 221 g/mol. The molecular formula is C11H11ClN3-. The molecule has 0 fully saturated rings. The van der Waals surface area contributed by atoms with Gasteiger partial charge in [-0.2, -0.15) is 5.10 Å². The number of halogens is 1. The lowest BCUT2D eigenvalue weighted by atomic mass is 10.2. The first-order chi connectivity index (χ1) is 7.28. The van der Waals surface area contributed by atoms with E-state index < -0.39 is 0 Å². The van der Waals surface area contributed by atoms with Gasteiger partial charge in [-0.3, -0.25) is 4.68 Å². The summed E-state index contributed by atoms with van der Waals surface area (Å²) in [5.41, 5.74) is 2.06. The van der Waals surface area contributed by atoms with Crippen LogP contribution in [0.4, 0.5) is 5.69 Å². The Morgan fingerprint density at radius 3 is 2.67 bits per heavy atom. The molecule has 0 atom stereocenters. The molecule has 0 radical (unpaired) electrons. The molecule has 2 aromatic rings. The molecule has 0 aliphatic heterocycles. The fourth-order valence-electron chi connectivity index (χ4n) is 1.33. The smallest absolute Gasteiger partial charge is 0.0658 e. The highest BCUT2D eigenvalue weighted by Crippen LogP contribution is 2.15. The molecule has 0 spiro atoms. The van der Waals surface area contributed by atoms with E-state index in [2.05, 4.69) is 10.4 Å². The zero-order valence-electron chi connectivity index (χ0n) is 8.39.